The Balaban J connectivity index is 0.00000353. The summed E-state index contributed by atoms with van der Waals surface area (Å²) in [7, 11) is 3.87. The second kappa shape index (κ2) is 12.2. The number of aromatic nitrogens is 1. The molecule has 0 spiro atoms. The van der Waals surface area contributed by atoms with Crippen LogP contribution < -0.4 is 4.18 Å². The van der Waals surface area contributed by atoms with Crippen LogP contribution in [0.5, 0.6) is 5.75 Å². The van der Waals surface area contributed by atoms with Crippen molar-refractivity contribution in [3.8, 4) is 28.0 Å². The molecule has 0 radical (unpaired) electrons. The number of fused-ring (bicyclic) bond motifs is 1. The van der Waals surface area contributed by atoms with Crippen molar-refractivity contribution in [3.63, 3.8) is 0 Å². The number of carbonyl (C=O) groups is 1. The molecule has 0 unspecified atom stereocenters. The molecule has 2 N–H and O–H groups in total. The Morgan fingerprint density at radius 2 is 1.56 bits per heavy atom. The Bertz CT molecular complexity index is 1610. The van der Waals surface area contributed by atoms with Gasteiger partial charge in [0.15, 0.2) is 0 Å². The minimum Gasteiger partial charge on any atom is -0.478 e. The van der Waals surface area contributed by atoms with E-state index in [2.05, 4.69) is 41.4 Å². The molecule has 0 atom stereocenters. The van der Waals surface area contributed by atoms with Gasteiger partial charge in [-0.2, -0.15) is 13.5 Å². The van der Waals surface area contributed by atoms with Gasteiger partial charge in [0.05, 0.1) is 10.6 Å². The lowest BCUT2D eigenvalue weighted by Crippen LogP contribution is -2.01. The van der Waals surface area contributed by atoms with Gasteiger partial charge < -0.3 is 14.3 Å². The molecule has 0 aliphatic heterocycles. The fourth-order valence-electron chi connectivity index (χ4n) is 4.42. The van der Waals surface area contributed by atoms with Gasteiger partial charge in [-0.1, -0.05) is 60.1 Å². The van der Waals surface area contributed by atoms with E-state index in [1.54, 1.807) is 6.07 Å². The van der Waals surface area contributed by atoms with E-state index in [1.165, 1.54) is 12.2 Å². The molecule has 0 fully saturated rings. The van der Waals surface area contributed by atoms with Crippen LogP contribution in [-0.4, -0.2) is 34.5 Å². The first kappa shape index (κ1) is 28.6. The van der Waals surface area contributed by atoms with Crippen molar-refractivity contribution in [1.29, 1.82) is 0 Å². The number of aromatic amines is 1. The first-order valence-corrected chi connectivity index (χ1v) is 13.2. The molecule has 200 valence electrons. The number of halogens is 1. The first-order chi connectivity index (χ1) is 18.3. The third-order valence-electron chi connectivity index (χ3n) is 6.36. The second-order valence-electron chi connectivity index (χ2n) is 9.42. The Morgan fingerprint density at radius 1 is 0.923 bits per heavy atom. The summed E-state index contributed by atoms with van der Waals surface area (Å²) in [6.07, 6.45) is 0.606. The van der Waals surface area contributed by atoms with Crippen LogP contribution in [0.25, 0.3) is 33.2 Å². The maximum Gasteiger partial charge on any atom is 0.335 e. The molecule has 5 rings (SSSR count). The van der Waals surface area contributed by atoms with Crippen molar-refractivity contribution in [2.75, 3.05) is 14.1 Å². The van der Waals surface area contributed by atoms with Crippen LogP contribution in [-0.2, 0) is 6.42 Å². The van der Waals surface area contributed by atoms with Gasteiger partial charge in [0.2, 0.25) is 0 Å². The van der Waals surface area contributed by atoms with E-state index in [-0.39, 0.29) is 13.5 Å². The molecule has 0 aliphatic carbocycles. The topological polar surface area (TPSA) is 65.6 Å². The minimum atomic E-state index is -0.909. The number of aromatic carboxylic acids is 1. The summed E-state index contributed by atoms with van der Waals surface area (Å²) in [6.45, 7) is 1.81. The molecule has 5 aromatic rings. The molecule has 1 aromatic heterocycles. The minimum absolute atomic E-state index is 0. The number of rotatable bonds is 8. The molecule has 0 amide bonds. The average Bonchev–Trinajstić information content (AvgIpc) is 3.29. The van der Waals surface area contributed by atoms with Gasteiger partial charge in [0.1, 0.15) is 18.0 Å². The zero-order chi connectivity index (χ0) is 26.8. The lowest BCUT2D eigenvalue weighted by atomic mass is 9.99. The molecule has 8 heteroatoms. The highest BCUT2D eigenvalue weighted by molar-refractivity contribution is 7.92. The van der Waals surface area contributed by atoms with Crippen molar-refractivity contribution in [3.05, 3.63) is 112 Å². The number of nitrogens with zero attached hydrogens (tertiary/aromatic N) is 1. The molecule has 0 bridgehead atoms. The number of hydrogen-bond donors (Lipinski definition) is 2. The van der Waals surface area contributed by atoms with Gasteiger partial charge in [0.25, 0.3) is 0 Å². The van der Waals surface area contributed by atoms with Crippen LogP contribution in [0.4, 0.5) is 0 Å². The smallest absolute Gasteiger partial charge is 0.335 e. The Labute approximate surface area is 244 Å². The summed E-state index contributed by atoms with van der Waals surface area (Å²) >= 11 is 7.99. The Morgan fingerprint density at radius 3 is 2.21 bits per heavy atom. The van der Waals surface area contributed by atoms with E-state index in [4.69, 9.17) is 15.8 Å². The number of carboxylic acid groups (broad SMARTS) is 1. The van der Waals surface area contributed by atoms with Gasteiger partial charge in [-0.15, -0.1) is 0 Å². The van der Waals surface area contributed by atoms with Gasteiger partial charge >= 0.3 is 5.97 Å². The summed E-state index contributed by atoms with van der Waals surface area (Å²) < 4.78 is 7.53. The summed E-state index contributed by atoms with van der Waals surface area (Å²) in [5, 5.41) is 11.2. The summed E-state index contributed by atoms with van der Waals surface area (Å²) in [4.78, 5) is 14.9. The van der Waals surface area contributed by atoms with Crippen molar-refractivity contribution in [2.24, 2.45) is 0 Å². The van der Waals surface area contributed by atoms with E-state index < -0.39 is 5.97 Å². The summed E-state index contributed by atoms with van der Waals surface area (Å²) in [5.41, 5.74) is 8.20. The van der Waals surface area contributed by atoms with Crippen molar-refractivity contribution >= 4 is 54.2 Å². The van der Waals surface area contributed by atoms with Crippen molar-refractivity contribution in [2.45, 2.75) is 13.3 Å². The maximum absolute atomic E-state index is 11.5. The monoisotopic (exact) mass is 576 g/mol. The predicted octanol–water partition coefficient (Wildman–Crippen LogP) is 8.37. The van der Waals surface area contributed by atoms with Gasteiger partial charge in [0, 0.05) is 42.7 Å². The van der Waals surface area contributed by atoms with Crippen LogP contribution in [0.1, 0.15) is 27.2 Å². The second-order valence-corrected chi connectivity index (χ2v) is 10.9. The lowest BCUT2D eigenvalue weighted by Gasteiger charge is -2.10. The van der Waals surface area contributed by atoms with Crippen LogP contribution >= 0.6 is 37.3 Å². The van der Waals surface area contributed by atoms with E-state index >= 15 is 0 Å². The van der Waals surface area contributed by atoms with Gasteiger partial charge in [-0.3, -0.25) is 0 Å². The number of nitrogens with one attached hydrogen (secondary N) is 1. The highest BCUT2D eigenvalue weighted by Crippen LogP contribution is 2.34. The van der Waals surface area contributed by atoms with E-state index in [0.29, 0.717) is 17.0 Å². The van der Waals surface area contributed by atoms with E-state index in [1.807, 2.05) is 67.8 Å². The molecule has 0 saturated heterocycles. The maximum atomic E-state index is 11.5. The summed E-state index contributed by atoms with van der Waals surface area (Å²) in [5.74, 6) is -0.103. The van der Waals surface area contributed by atoms with Crippen LogP contribution in [0.3, 0.4) is 0 Å². The van der Waals surface area contributed by atoms with Gasteiger partial charge in [-0.25, -0.2) is 9.10 Å². The average molecular weight is 577 g/mol. The zero-order valence-corrected chi connectivity index (χ0v) is 24.4. The molecular formula is C31H29ClN2O3S2. The summed E-state index contributed by atoms with van der Waals surface area (Å²) in [6, 6.07) is 28.1. The predicted molar refractivity (Wildman–Crippen MR) is 167 cm³/mol. The molecule has 5 nitrogen and oxygen atoms in total. The zero-order valence-electron chi connectivity index (χ0n) is 21.8. The van der Waals surface area contributed by atoms with Crippen molar-refractivity contribution in [1.82, 2.24) is 9.29 Å². The molecule has 0 saturated carbocycles. The van der Waals surface area contributed by atoms with E-state index in [0.717, 1.165) is 55.7 Å². The van der Waals surface area contributed by atoms with Crippen molar-refractivity contribution < 1.29 is 14.1 Å². The highest BCUT2D eigenvalue weighted by atomic mass is 35.5. The standard InChI is InChI=1S/C31H27ClN2O3S.H2S/c1-19-4-5-20(15-27(19)31(35)36)14-25-16-24-17-28(29(32)18-30(24)33-25)23-8-6-21(7-9-23)22-10-12-26(13-11-22)37-38-34(2)3;/h4-13,15-18,33H,14H2,1-3H3,(H,35,36);1H2. The third-order valence-corrected chi connectivity index (χ3v) is 7.24. The molecule has 0 aliphatic rings. The van der Waals surface area contributed by atoms with Gasteiger partial charge in [-0.05, 0) is 71.1 Å². The molecule has 39 heavy (non-hydrogen) atoms. The van der Waals surface area contributed by atoms with E-state index in [9.17, 15) is 9.90 Å². The largest absolute Gasteiger partial charge is 0.478 e. The number of aryl methyl sites for hydroxylation is 1. The SMILES string of the molecule is Cc1ccc(Cc2cc3cc(-c4ccc(-c5ccc(OSN(C)C)cc5)cc4)c(Cl)cc3[nH]2)cc1C(=O)O.S. The number of benzene rings is 4. The fourth-order valence-corrected chi connectivity index (χ4v) is 5.04. The quantitative estimate of drug-likeness (QED) is 0.143. The van der Waals surface area contributed by atoms with Crippen LogP contribution in [0, 0.1) is 6.92 Å². The number of hydrogen-bond acceptors (Lipinski definition) is 4. The normalized spacial score (nSPS) is 11.0. The fraction of sp³-hybridized carbons (Fsp3) is 0.129. The molecule has 4 aromatic carbocycles. The van der Waals surface area contributed by atoms with Crippen LogP contribution in [0.15, 0.2) is 84.9 Å². The molecule has 1 heterocycles. The first-order valence-electron chi connectivity index (χ1n) is 12.1. The number of carboxylic acids is 1. The van der Waals surface area contributed by atoms with Crippen LogP contribution in [0.2, 0.25) is 5.02 Å². The molecular weight excluding hydrogens is 548 g/mol. The Kier molecular flexibility index (Phi) is 8.97. The number of H-pyrrole nitrogens is 1. The highest BCUT2D eigenvalue weighted by Gasteiger charge is 2.12. The third kappa shape index (κ3) is 6.62. The Hall–Kier alpha value is -3.36. The lowest BCUT2D eigenvalue weighted by molar-refractivity contribution is 0.0696.